The van der Waals surface area contributed by atoms with Crippen molar-refractivity contribution in [1.29, 1.82) is 0 Å². The number of benzene rings is 2. The number of fused-ring (bicyclic) bond motifs is 2. The van der Waals surface area contributed by atoms with Gasteiger partial charge in [0.25, 0.3) is 17.7 Å². The van der Waals surface area contributed by atoms with Crippen LogP contribution in [-0.4, -0.2) is 104 Å². The third kappa shape index (κ3) is 8.43. The van der Waals surface area contributed by atoms with Crippen LogP contribution < -0.4 is 14.8 Å². The van der Waals surface area contributed by atoms with Gasteiger partial charge in [0.15, 0.2) is 0 Å². The number of carbonyl (C=O) groups excluding carboxylic acids is 4. The molecule has 3 fully saturated rings. The van der Waals surface area contributed by atoms with Gasteiger partial charge in [-0.25, -0.2) is 4.98 Å². The minimum atomic E-state index is -0.985. The normalized spacial score (nSPS) is 21.1. The van der Waals surface area contributed by atoms with E-state index in [1.165, 1.54) is 0 Å². The summed E-state index contributed by atoms with van der Waals surface area (Å²) in [5, 5.41) is 7.33. The fraction of sp³-hybridized carbons (Fsp3) is 0.409. The number of hydrogen-bond acceptors (Lipinski definition) is 13. The van der Waals surface area contributed by atoms with Crippen LogP contribution in [0.5, 0.6) is 11.5 Å². The number of nitrogens with one attached hydrogen (secondary N) is 1. The van der Waals surface area contributed by atoms with Gasteiger partial charge in [0.2, 0.25) is 17.6 Å². The number of likely N-dealkylation sites (tertiary alicyclic amines) is 1. The molecule has 4 aliphatic rings. The summed E-state index contributed by atoms with van der Waals surface area (Å²) < 4.78 is 24.2. The summed E-state index contributed by atoms with van der Waals surface area (Å²) in [4.78, 5) is 66.8. The zero-order valence-electron chi connectivity index (χ0n) is 32.8. The Morgan fingerprint density at radius 1 is 0.814 bits per heavy atom. The summed E-state index contributed by atoms with van der Waals surface area (Å²) in [6.07, 6.45) is 9.33. The molecule has 0 spiro atoms. The molecule has 1 N–H and O–H groups in total. The summed E-state index contributed by atoms with van der Waals surface area (Å²) in [5.41, 5.74) is 3.62. The highest BCUT2D eigenvalue weighted by Gasteiger charge is 2.44. The molecule has 15 heteroatoms. The first-order valence-corrected chi connectivity index (χ1v) is 20.4. The van der Waals surface area contributed by atoms with Gasteiger partial charge >= 0.3 is 0 Å². The molecule has 3 aliphatic heterocycles. The Hall–Kier alpha value is -6.06. The van der Waals surface area contributed by atoms with E-state index in [9.17, 15) is 19.2 Å². The molecule has 0 radical (unpaired) electrons. The van der Waals surface area contributed by atoms with Crippen molar-refractivity contribution in [1.82, 2.24) is 35.2 Å². The number of aryl methyl sites for hydroxylation is 1. The number of unbranched alkanes of at least 4 members (excludes halogenated alkanes) is 2. The highest BCUT2D eigenvalue weighted by Crippen LogP contribution is 2.33. The van der Waals surface area contributed by atoms with Crippen molar-refractivity contribution in [3.63, 3.8) is 0 Å². The lowest BCUT2D eigenvalue weighted by Crippen LogP contribution is -2.54. The maximum atomic E-state index is 13.1. The molecule has 1 aliphatic carbocycles. The Bertz CT molecular complexity index is 2400. The Labute approximate surface area is 340 Å². The van der Waals surface area contributed by atoms with Crippen molar-refractivity contribution in [3.05, 3.63) is 83.7 Å². The Morgan fingerprint density at radius 2 is 1.64 bits per heavy atom. The zero-order valence-corrected chi connectivity index (χ0v) is 32.8. The number of amides is 4. The van der Waals surface area contributed by atoms with Crippen molar-refractivity contribution in [3.8, 4) is 34.5 Å². The van der Waals surface area contributed by atoms with Gasteiger partial charge in [0, 0.05) is 55.2 Å². The van der Waals surface area contributed by atoms with E-state index in [-0.39, 0.29) is 42.3 Å². The third-order valence-electron chi connectivity index (χ3n) is 11.5. The Morgan fingerprint density at radius 3 is 2.47 bits per heavy atom. The number of imide groups is 2. The highest BCUT2D eigenvalue weighted by atomic mass is 16.5. The average molecular weight is 800 g/mol. The lowest BCUT2D eigenvalue weighted by atomic mass is 9.91. The van der Waals surface area contributed by atoms with Gasteiger partial charge in [0.1, 0.15) is 29.3 Å². The first-order chi connectivity index (χ1) is 28.7. The molecule has 9 rings (SSSR count). The van der Waals surface area contributed by atoms with Crippen molar-refractivity contribution in [2.24, 2.45) is 0 Å². The molecule has 0 bridgehead atoms. The lowest BCUT2D eigenvalue weighted by molar-refractivity contribution is -0.136. The van der Waals surface area contributed by atoms with Crippen molar-refractivity contribution >= 4 is 34.5 Å². The number of nitrogens with zero attached hydrogens (tertiary/aromatic N) is 6. The minimum absolute atomic E-state index is 0.0840. The molecule has 304 valence electrons. The third-order valence-corrected chi connectivity index (χ3v) is 11.5. The van der Waals surface area contributed by atoms with Crippen LogP contribution in [0.3, 0.4) is 0 Å². The second-order valence-electron chi connectivity index (χ2n) is 15.7. The molecule has 2 saturated heterocycles. The topological polar surface area (TPSA) is 179 Å². The largest absolute Gasteiger partial charge is 0.494 e. The molecule has 15 nitrogen and oxygen atoms in total. The SMILES string of the molecule is Cc1cc(-c2nc(-c3ccc4cc(OC5CC(OC6CCN(CCCCCOc7ccc8c(c7)C(=O)N(C7CCC(=O)NC7=O)C8=O)CC6)C5)ccc4n3)no2)ccn1. The molecule has 1 saturated carbocycles. The van der Waals surface area contributed by atoms with Crippen LogP contribution in [0, 0.1) is 6.92 Å². The Balaban J connectivity index is 0.650. The fourth-order valence-corrected chi connectivity index (χ4v) is 8.23. The quantitative estimate of drug-likeness (QED) is 0.107. The number of aromatic nitrogens is 4. The van der Waals surface area contributed by atoms with Gasteiger partial charge in [-0.15, -0.1) is 0 Å². The predicted octanol–water partition coefficient (Wildman–Crippen LogP) is 5.70. The van der Waals surface area contributed by atoms with Crippen molar-refractivity contribution in [2.75, 3.05) is 26.2 Å². The summed E-state index contributed by atoms with van der Waals surface area (Å²) in [6.45, 7) is 5.49. The van der Waals surface area contributed by atoms with E-state index in [2.05, 4.69) is 25.3 Å². The second-order valence-corrected chi connectivity index (χ2v) is 15.7. The summed E-state index contributed by atoms with van der Waals surface area (Å²) >= 11 is 0. The van der Waals surface area contributed by atoms with Gasteiger partial charge in [-0.3, -0.25) is 34.4 Å². The first kappa shape index (κ1) is 38.5. The van der Waals surface area contributed by atoms with Crippen molar-refractivity contribution < 1.29 is 37.9 Å². The van der Waals surface area contributed by atoms with E-state index < -0.39 is 29.7 Å². The van der Waals surface area contributed by atoms with Gasteiger partial charge in [0.05, 0.1) is 35.5 Å². The number of carbonyl (C=O) groups is 4. The monoisotopic (exact) mass is 799 g/mol. The second kappa shape index (κ2) is 16.7. The fourth-order valence-electron chi connectivity index (χ4n) is 8.23. The number of pyridine rings is 2. The van der Waals surface area contributed by atoms with Gasteiger partial charge < -0.3 is 23.6 Å². The Kier molecular flexibility index (Phi) is 10.9. The van der Waals surface area contributed by atoms with Crippen molar-refractivity contribution in [2.45, 2.75) is 89.1 Å². The van der Waals surface area contributed by atoms with E-state index in [4.69, 9.17) is 23.7 Å². The molecular weight excluding hydrogens is 755 g/mol. The highest BCUT2D eigenvalue weighted by molar-refractivity contribution is 6.23. The van der Waals surface area contributed by atoms with Crippen LogP contribution in [0.1, 0.15) is 84.2 Å². The molecule has 3 aromatic heterocycles. The summed E-state index contributed by atoms with van der Waals surface area (Å²) in [6, 6.07) is 17.4. The first-order valence-electron chi connectivity index (χ1n) is 20.4. The number of piperidine rings is 2. The molecule has 1 atom stereocenters. The smallest absolute Gasteiger partial charge is 0.262 e. The van der Waals surface area contributed by atoms with E-state index in [0.717, 1.165) is 97.4 Å². The number of rotatable bonds is 14. The van der Waals surface area contributed by atoms with Gasteiger partial charge in [-0.05, 0) is 107 Å². The van der Waals surface area contributed by atoms with E-state index in [1.54, 1.807) is 24.4 Å². The van der Waals surface area contributed by atoms with Gasteiger partial charge in [-0.1, -0.05) is 11.2 Å². The number of ether oxygens (including phenoxy) is 3. The van der Waals surface area contributed by atoms with Crippen LogP contribution in [0.25, 0.3) is 33.9 Å². The zero-order chi connectivity index (χ0) is 40.5. The van der Waals surface area contributed by atoms with Gasteiger partial charge in [-0.2, -0.15) is 4.98 Å². The lowest BCUT2D eigenvalue weighted by Gasteiger charge is -2.40. The number of hydrogen-bond donors (Lipinski definition) is 1. The molecule has 59 heavy (non-hydrogen) atoms. The summed E-state index contributed by atoms with van der Waals surface area (Å²) in [5.74, 6) is 0.113. The van der Waals surface area contributed by atoms with Crippen LogP contribution in [0.2, 0.25) is 0 Å². The molecule has 5 aromatic rings. The van der Waals surface area contributed by atoms with Crippen LogP contribution in [-0.2, 0) is 14.3 Å². The molecule has 2 aromatic carbocycles. The van der Waals surface area contributed by atoms with Crippen LogP contribution in [0.15, 0.2) is 71.4 Å². The molecule has 4 amide bonds. The standard InChI is InChI=1S/C44H45N7O8/c1-26-21-28(13-16-45-26)42-48-40(49-59-42)37-9-5-27-22-31(7-10-36(27)46-37)58-33-23-32(24-33)57-29-14-18-50(19-15-29)17-3-2-4-20-56-30-6-8-34-35(25-30)44(55)51(43(34)54)38-11-12-39(52)47-41(38)53/h5-10,13,16,21-22,25,29,32-33,38H,2-4,11-12,14-15,17-20,23-24H2,1H3,(H,47,52,53). The molecule has 1 unspecified atom stereocenters. The maximum Gasteiger partial charge on any atom is 0.262 e. The molecular formula is C44H45N7O8. The average Bonchev–Trinajstić information content (AvgIpc) is 3.81. The van der Waals surface area contributed by atoms with Crippen LogP contribution in [0.4, 0.5) is 0 Å². The molecule has 6 heterocycles. The van der Waals surface area contributed by atoms with E-state index in [0.29, 0.717) is 29.8 Å². The van der Waals surface area contributed by atoms with E-state index in [1.807, 2.05) is 49.4 Å². The minimum Gasteiger partial charge on any atom is -0.494 e. The predicted molar refractivity (Wildman–Crippen MR) is 213 cm³/mol. The van der Waals surface area contributed by atoms with Crippen LogP contribution >= 0.6 is 0 Å². The maximum absolute atomic E-state index is 13.1. The van der Waals surface area contributed by atoms with E-state index >= 15 is 0 Å². The summed E-state index contributed by atoms with van der Waals surface area (Å²) in [7, 11) is 0.